The first-order chi connectivity index (χ1) is 15.9. The summed E-state index contributed by atoms with van der Waals surface area (Å²) in [6, 6.07) is 25.8. The van der Waals surface area contributed by atoms with Crippen LogP contribution in [0.1, 0.15) is 22.6 Å². The van der Waals surface area contributed by atoms with E-state index >= 15 is 0 Å². The Morgan fingerprint density at radius 1 is 1.00 bits per heavy atom. The normalized spacial score (nSPS) is 18.8. The fraction of sp³-hybridized carbons (Fsp3) is 0.0800. The predicted molar refractivity (Wildman–Crippen MR) is 130 cm³/mol. The molecule has 2 N–H and O–H groups in total. The van der Waals surface area contributed by atoms with Crippen LogP contribution in [-0.4, -0.2) is 8.42 Å². The fourth-order valence-corrected chi connectivity index (χ4v) is 6.39. The van der Waals surface area contributed by atoms with Crippen molar-refractivity contribution >= 4 is 37.4 Å². The minimum Gasteiger partial charge on any atom is -0.439 e. The minimum absolute atomic E-state index is 0.0187. The van der Waals surface area contributed by atoms with Gasteiger partial charge in [-0.3, -0.25) is 4.31 Å². The van der Waals surface area contributed by atoms with E-state index in [1.54, 1.807) is 42.5 Å². The fourth-order valence-electron chi connectivity index (χ4n) is 4.22. The Kier molecular flexibility index (Phi) is 5.23. The first kappa shape index (κ1) is 21.3. The number of halogens is 1. The molecule has 0 radical (unpaired) electrons. The summed E-state index contributed by atoms with van der Waals surface area (Å²) < 4.78 is 36.3. The molecule has 33 heavy (non-hydrogen) atoms. The molecular formula is C25H18BrN3O3S. The van der Waals surface area contributed by atoms with E-state index in [0.717, 1.165) is 10.0 Å². The lowest BCUT2D eigenvalue weighted by Crippen LogP contribution is -2.39. The average Bonchev–Trinajstić information content (AvgIpc) is 2.82. The van der Waals surface area contributed by atoms with Crippen LogP contribution >= 0.6 is 15.9 Å². The van der Waals surface area contributed by atoms with Crippen LogP contribution in [0.15, 0.2) is 99.7 Å². The van der Waals surface area contributed by atoms with E-state index in [9.17, 15) is 13.7 Å². The number of nitriles is 1. The van der Waals surface area contributed by atoms with Crippen LogP contribution in [0.2, 0.25) is 0 Å². The number of allylic oxidation sites excluding steroid dienone is 2. The van der Waals surface area contributed by atoms with Gasteiger partial charge in [0.1, 0.15) is 16.5 Å². The van der Waals surface area contributed by atoms with E-state index in [1.807, 2.05) is 36.4 Å². The Morgan fingerprint density at radius 3 is 2.36 bits per heavy atom. The first-order valence-electron chi connectivity index (χ1n) is 10.1. The zero-order valence-electron chi connectivity index (χ0n) is 17.3. The molecule has 0 aromatic heterocycles. The number of fused-ring (bicyclic) bond motifs is 2. The maximum Gasteiger partial charge on any atom is 0.265 e. The van der Waals surface area contributed by atoms with Gasteiger partial charge < -0.3 is 10.5 Å². The van der Waals surface area contributed by atoms with Crippen molar-refractivity contribution in [3.63, 3.8) is 0 Å². The maximum atomic E-state index is 14.1. The highest BCUT2D eigenvalue weighted by Crippen LogP contribution is 2.51. The molecule has 5 rings (SSSR count). The van der Waals surface area contributed by atoms with Crippen molar-refractivity contribution in [1.82, 2.24) is 0 Å². The molecule has 0 saturated heterocycles. The highest BCUT2D eigenvalue weighted by Gasteiger charge is 2.47. The molecule has 0 unspecified atom stereocenters. The van der Waals surface area contributed by atoms with Gasteiger partial charge in [-0.05, 0) is 35.4 Å². The van der Waals surface area contributed by atoms with Gasteiger partial charge in [-0.2, -0.15) is 5.26 Å². The van der Waals surface area contributed by atoms with Gasteiger partial charge in [0.05, 0.1) is 18.2 Å². The van der Waals surface area contributed by atoms with Crippen LogP contribution in [0, 0.1) is 11.3 Å². The van der Waals surface area contributed by atoms with Crippen LogP contribution in [0.3, 0.4) is 0 Å². The lowest BCUT2D eigenvalue weighted by Gasteiger charge is -2.38. The third-order valence-corrected chi connectivity index (χ3v) is 8.14. The Labute approximate surface area is 200 Å². The average molecular weight is 520 g/mol. The summed E-state index contributed by atoms with van der Waals surface area (Å²) in [7, 11) is -4.07. The number of hydrogen-bond acceptors (Lipinski definition) is 5. The molecule has 8 heteroatoms. The van der Waals surface area contributed by atoms with E-state index in [1.165, 1.54) is 4.31 Å². The lowest BCUT2D eigenvalue weighted by molar-refractivity contribution is 0.357. The molecule has 0 aliphatic carbocycles. The van der Waals surface area contributed by atoms with Crippen molar-refractivity contribution in [2.75, 3.05) is 4.31 Å². The second-order valence-electron chi connectivity index (χ2n) is 7.68. The van der Waals surface area contributed by atoms with E-state index in [4.69, 9.17) is 10.5 Å². The summed E-state index contributed by atoms with van der Waals surface area (Å²) in [6.07, 6.45) is 0. The van der Waals surface area contributed by atoms with E-state index in [-0.39, 0.29) is 28.7 Å². The molecule has 0 saturated carbocycles. The second kappa shape index (κ2) is 8.10. The largest absolute Gasteiger partial charge is 0.439 e. The summed E-state index contributed by atoms with van der Waals surface area (Å²) >= 11 is 3.41. The standard InChI is InChI=1S/C25H18BrN3O3S/c26-18-12-10-17(11-13-18)22-20(14-27)25(28)32-23-19-8-4-5-9-21(19)29(33(30,31)24(22)23)15-16-6-2-1-3-7-16/h1-13,22H,15,28H2/t22-/m1/s1. The third-order valence-electron chi connectivity index (χ3n) is 5.73. The van der Waals surface area contributed by atoms with Gasteiger partial charge in [-0.25, -0.2) is 8.42 Å². The van der Waals surface area contributed by atoms with Crippen molar-refractivity contribution in [1.29, 1.82) is 5.26 Å². The molecular weight excluding hydrogens is 502 g/mol. The first-order valence-corrected chi connectivity index (χ1v) is 12.4. The molecule has 3 aromatic rings. The summed E-state index contributed by atoms with van der Waals surface area (Å²) in [5, 5.41) is 9.90. The number of para-hydroxylation sites is 1. The zero-order valence-corrected chi connectivity index (χ0v) is 19.7. The maximum absolute atomic E-state index is 14.1. The SMILES string of the molecule is N#CC1=C(N)OC2=C([C@@H]1c1ccc(Br)cc1)S(=O)(=O)N(Cc1ccccc1)c1ccccc12. The molecule has 0 spiro atoms. The number of rotatable bonds is 3. The lowest BCUT2D eigenvalue weighted by atomic mass is 9.88. The number of sulfonamides is 1. The van der Waals surface area contributed by atoms with Gasteiger partial charge in [0.15, 0.2) is 5.76 Å². The van der Waals surface area contributed by atoms with E-state index < -0.39 is 15.9 Å². The smallest absolute Gasteiger partial charge is 0.265 e. The van der Waals surface area contributed by atoms with Gasteiger partial charge >= 0.3 is 0 Å². The van der Waals surface area contributed by atoms with Gasteiger partial charge in [0.25, 0.3) is 10.0 Å². The van der Waals surface area contributed by atoms with Crippen LogP contribution in [-0.2, 0) is 21.3 Å². The number of benzene rings is 3. The van der Waals surface area contributed by atoms with Crippen LogP contribution in [0.5, 0.6) is 0 Å². The second-order valence-corrected chi connectivity index (χ2v) is 10.4. The Bertz CT molecular complexity index is 1460. The molecule has 0 bridgehead atoms. The summed E-state index contributed by atoms with van der Waals surface area (Å²) in [6.45, 7) is 0.144. The molecule has 1 atom stereocenters. The highest BCUT2D eigenvalue weighted by atomic mass is 79.9. The molecule has 2 aliphatic rings. The third kappa shape index (κ3) is 3.50. The van der Waals surface area contributed by atoms with Crippen LogP contribution in [0.4, 0.5) is 5.69 Å². The van der Waals surface area contributed by atoms with E-state index in [0.29, 0.717) is 16.8 Å². The Balaban J connectivity index is 1.77. The molecule has 0 fully saturated rings. The molecule has 2 aliphatic heterocycles. The number of anilines is 1. The zero-order chi connectivity index (χ0) is 23.2. The van der Waals surface area contributed by atoms with Crippen LogP contribution in [0.25, 0.3) is 5.76 Å². The highest BCUT2D eigenvalue weighted by molar-refractivity contribution is 9.10. The van der Waals surface area contributed by atoms with E-state index in [2.05, 4.69) is 22.0 Å². The predicted octanol–water partition coefficient (Wildman–Crippen LogP) is 4.98. The topological polar surface area (TPSA) is 96.4 Å². The van der Waals surface area contributed by atoms with Gasteiger partial charge in [-0.1, -0.05) is 70.5 Å². The van der Waals surface area contributed by atoms with Crippen LogP contribution < -0.4 is 10.0 Å². The summed E-state index contributed by atoms with van der Waals surface area (Å²) in [5.74, 6) is -0.812. The number of nitrogens with two attached hydrogens (primary N) is 1. The van der Waals surface area contributed by atoms with Crippen molar-refractivity contribution in [3.05, 3.63) is 116 Å². The number of ether oxygens (including phenoxy) is 1. The molecule has 0 amide bonds. The van der Waals surface area contributed by atoms with Crippen molar-refractivity contribution < 1.29 is 13.2 Å². The minimum atomic E-state index is -4.07. The summed E-state index contributed by atoms with van der Waals surface area (Å²) in [4.78, 5) is 0.0187. The molecule has 6 nitrogen and oxygen atoms in total. The number of nitrogens with zero attached hydrogens (tertiary/aromatic N) is 2. The van der Waals surface area contributed by atoms with Crippen molar-refractivity contribution in [2.24, 2.45) is 5.73 Å². The number of hydrogen-bond donors (Lipinski definition) is 1. The van der Waals surface area contributed by atoms with Gasteiger partial charge in [0.2, 0.25) is 5.88 Å². The monoisotopic (exact) mass is 519 g/mol. The van der Waals surface area contributed by atoms with Crippen molar-refractivity contribution in [3.8, 4) is 6.07 Å². The molecule has 164 valence electrons. The van der Waals surface area contributed by atoms with Gasteiger partial charge in [0, 0.05) is 10.0 Å². The molecule has 3 aromatic carbocycles. The summed E-state index contributed by atoms with van der Waals surface area (Å²) in [5.41, 5.74) is 8.80. The Morgan fingerprint density at radius 2 is 1.67 bits per heavy atom. The van der Waals surface area contributed by atoms with Gasteiger partial charge in [-0.15, -0.1) is 0 Å². The molecule has 2 heterocycles. The van der Waals surface area contributed by atoms with Crippen molar-refractivity contribution in [2.45, 2.75) is 12.5 Å². The Hall–Kier alpha value is -3.54. The quantitative estimate of drug-likeness (QED) is 0.526.